The molecule has 7 nitrogen and oxygen atoms in total. The van der Waals surface area contributed by atoms with Gasteiger partial charge in [-0.05, 0) is 25.5 Å². The molecule has 0 radical (unpaired) electrons. The molecule has 0 spiro atoms. The summed E-state index contributed by atoms with van der Waals surface area (Å²) in [6, 6.07) is -1.14. The van der Waals surface area contributed by atoms with Crippen molar-refractivity contribution in [3.8, 4) is 0 Å². The molecular weight excluding hydrogens is 297 g/mol. The molecule has 2 saturated heterocycles. The summed E-state index contributed by atoms with van der Waals surface area (Å²) in [6.45, 7) is 0. The second kappa shape index (κ2) is 5.63. The maximum Gasteiger partial charge on any atom is 0.407 e. The lowest BCUT2D eigenvalue weighted by Crippen LogP contribution is -2.56. The minimum atomic E-state index is -1.25. The van der Waals surface area contributed by atoms with Gasteiger partial charge in [-0.25, -0.2) is 14.2 Å². The van der Waals surface area contributed by atoms with Crippen molar-refractivity contribution in [2.75, 3.05) is 11.6 Å². The zero-order valence-electron chi connectivity index (χ0n) is 11.4. The largest absolute Gasteiger partial charge is 0.465 e. The fourth-order valence-corrected chi connectivity index (χ4v) is 3.48. The lowest BCUT2D eigenvalue weighted by molar-refractivity contribution is 0.0544. The number of fused-ring (bicyclic) bond motifs is 2. The fraction of sp³-hybridized carbons (Fsp3) is 0.667. The van der Waals surface area contributed by atoms with Crippen molar-refractivity contribution < 1.29 is 14.3 Å². The van der Waals surface area contributed by atoms with Crippen molar-refractivity contribution >= 4 is 23.7 Å². The van der Waals surface area contributed by atoms with E-state index in [-0.39, 0.29) is 6.04 Å². The fourth-order valence-electron chi connectivity index (χ4n) is 3.20. The van der Waals surface area contributed by atoms with Crippen LogP contribution >= 0.6 is 11.8 Å². The van der Waals surface area contributed by atoms with E-state index in [1.54, 1.807) is 0 Å². The third-order valence-corrected chi connectivity index (χ3v) is 4.65. The van der Waals surface area contributed by atoms with Gasteiger partial charge in [0.15, 0.2) is 5.82 Å². The molecule has 1 aromatic heterocycles. The van der Waals surface area contributed by atoms with Crippen LogP contribution in [0, 0.1) is 0 Å². The van der Waals surface area contributed by atoms with Crippen LogP contribution in [0.2, 0.25) is 0 Å². The quantitative estimate of drug-likeness (QED) is 0.819. The Bertz CT molecular complexity index is 531. The van der Waals surface area contributed by atoms with Gasteiger partial charge in [-0.1, -0.05) is 11.8 Å². The van der Waals surface area contributed by atoms with E-state index in [0.717, 1.165) is 0 Å². The Morgan fingerprint density at radius 3 is 2.95 bits per heavy atom. The highest BCUT2D eigenvalue weighted by Gasteiger charge is 2.50. The normalized spacial score (nSPS) is 31.2. The number of hydrogen-bond donors (Lipinski definition) is 2. The molecule has 2 bridgehead atoms. The number of thioether (sulfide) groups is 1. The molecule has 0 unspecified atom stereocenters. The summed E-state index contributed by atoms with van der Waals surface area (Å²) < 4.78 is 14.5. The molecule has 0 aliphatic carbocycles. The van der Waals surface area contributed by atoms with Gasteiger partial charge in [0.1, 0.15) is 6.17 Å². The minimum Gasteiger partial charge on any atom is -0.465 e. The molecule has 3 rings (SSSR count). The van der Waals surface area contributed by atoms with Crippen LogP contribution in [0.4, 0.5) is 15.0 Å². The molecular formula is C12H16FN5O2S. The summed E-state index contributed by atoms with van der Waals surface area (Å²) in [5, 5.41) is 20.6. The van der Waals surface area contributed by atoms with E-state index in [2.05, 4.69) is 20.5 Å². The zero-order valence-corrected chi connectivity index (χ0v) is 12.3. The van der Waals surface area contributed by atoms with Crippen molar-refractivity contribution in [2.45, 2.75) is 48.7 Å². The standard InChI is InChI=1S/C12H16FN5O2S/c1-21-11-14-5-9(16-17-11)15-7-4-6-2-3-8(10(7)13)18(6)12(19)20/h5-8,10H,2-4H2,1H3,(H,15,16)(H,19,20)/t6-,7-,8+,10-/m1/s1. The van der Waals surface area contributed by atoms with Crippen molar-refractivity contribution in [3.63, 3.8) is 0 Å². The summed E-state index contributed by atoms with van der Waals surface area (Å²) in [7, 11) is 0. The van der Waals surface area contributed by atoms with E-state index in [1.165, 1.54) is 22.9 Å². The number of nitrogens with zero attached hydrogens (tertiary/aromatic N) is 4. The molecule has 1 amide bonds. The Kier molecular flexibility index (Phi) is 3.83. The maximum absolute atomic E-state index is 14.5. The third kappa shape index (κ3) is 2.61. The van der Waals surface area contributed by atoms with E-state index in [0.29, 0.717) is 30.2 Å². The van der Waals surface area contributed by atoms with Crippen molar-refractivity contribution in [1.29, 1.82) is 0 Å². The van der Waals surface area contributed by atoms with Crippen molar-refractivity contribution in [3.05, 3.63) is 6.20 Å². The lowest BCUT2D eigenvalue weighted by atomic mass is 9.96. The van der Waals surface area contributed by atoms with Gasteiger partial charge in [0.25, 0.3) is 0 Å². The van der Waals surface area contributed by atoms with Gasteiger partial charge in [0.2, 0.25) is 5.16 Å². The van der Waals surface area contributed by atoms with E-state index >= 15 is 0 Å². The summed E-state index contributed by atoms with van der Waals surface area (Å²) in [5.41, 5.74) is 0. The Morgan fingerprint density at radius 1 is 1.52 bits per heavy atom. The van der Waals surface area contributed by atoms with Crippen molar-refractivity contribution in [2.24, 2.45) is 0 Å². The van der Waals surface area contributed by atoms with E-state index in [9.17, 15) is 14.3 Å². The first-order valence-corrected chi connectivity index (χ1v) is 7.98. The van der Waals surface area contributed by atoms with Gasteiger partial charge in [-0.15, -0.1) is 10.2 Å². The first kappa shape index (κ1) is 14.3. The number of aromatic nitrogens is 3. The monoisotopic (exact) mass is 313 g/mol. The molecule has 2 aliphatic heterocycles. The lowest BCUT2D eigenvalue weighted by Gasteiger charge is -2.39. The average molecular weight is 313 g/mol. The Balaban J connectivity index is 1.71. The van der Waals surface area contributed by atoms with Crippen LogP contribution in [0.15, 0.2) is 11.4 Å². The summed E-state index contributed by atoms with van der Waals surface area (Å²) in [4.78, 5) is 16.6. The average Bonchev–Trinajstić information content (AvgIpc) is 2.83. The number of alkyl halides is 1. The Morgan fingerprint density at radius 2 is 2.33 bits per heavy atom. The number of piperidine rings is 1. The summed E-state index contributed by atoms with van der Waals surface area (Å²) in [5.74, 6) is 0.420. The molecule has 2 aliphatic rings. The number of halogens is 1. The molecule has 2 N–H and O–H groups in total. The Hall–Kier alpha value is -1.64. The first-order valence-electron chi connectivity index (χ1n) is 6.75. The minimum absolute atomic E-state index is 0.122. The zero-order chi connectivity index (χ0) is 15.0. The molecule has 1 aromatic rings. The second-order valence-corrected chi connectivity index (χ2v) is 6.02. The number of amides is 1. The van der Waals surface area contributed by atoms with Crippen LogP contribution in [0.25, 0.3) is 0 Å². The number of rotatable bonds is 3. The topological polar surface area (TPSA) is 91.2 Å². The Labute approximate surface area is 125 Å². The summed E-state index contributed by atoms with van der Waals surface area (Å²) >= 11 is 1.38. The highest BCUT2D eigenvalue weighted by Crippen LogP contribution is 2.38. The number of nitrogens with one attached hydrogen (secondary N) is 1. The van der Waals surface area contributed by atoms with Gasteiger partial charge in [0, 0.05) is 6.04 Å². The predicted molar refractivity (Wildman–Crippen MR) is 75.2 cm³/mol. The highest BCUT2D eigenvalue weighted by molar-refractivity contribution is 7.98. The third-order valence-electron chi connectivity index (χ3n) is 4.10. The SMILES string of the molecule is CSc1ncc(N[C@@H]2C[C@H]3CC[C@@H]([C@@H]2F)N3C(=O)O)nn1. The van der Waals surface area contributed by atoms with Crippen molar-refractivity contribution in [1.82, 2.24) is 20.1 Å². The second-order valence-electron chi connectivity index (χ2n) is 5.25. The number of hydrogen-bond acceptors (Lipinski definition) is 6. The smallest absolute Gasteiger partial charge is 0.407 e. The highest BCUT2D eigenvalue weighted by atomic mass is 32.2. The molecule has 21 heavy (non-hydrogen) atoms. The summed E-state index contributed by atoms with van der Waals surface area (Å²) in [6.07, 6.45) is 2.82. The molecule has 9 heteroatoms. The van der Waals surface area contributed by atoms with Crippen LogP contribution < -0.4 is 5.32 Å². The number of anilines is 1. The number of carbonyl (C=O) groups is 1. The van der Waals surface area contributed by atoms with Crippen LogP contribution in [-0.2, 0) is 0 Å². The van der Waals surface area contributed by atoms with E-state index in [1.807, 2.05) is 6.26 Å². The molecule has 0 saturated carbocycles. The molecule has 3 heterocycles. The number of carboxylic acid groups (broad SMARTS) is 1. The molecule has 0 aromatic carbocycles. The first-order chi connectivity index (χ1) is 10.1. The van der Waals surface area contributed by atoms with Crippen LogP contribution in [0.1, 0.15) is 19.3 Å². The predicted octanol–water partition coefficient (Wildman–Crippen LogP) is 1.63. The van der Waals surface area contributed by atoms with Crippen LogP contribution in [0.3, 0.4) is 0 Å². The molecule has 4 atom stereocenters. The van der Waals surface area contributed by atoms with Gasteiger partial charge in [-0.3, -0.25) is 4.90 Å². The molecule has 114 valence electrons. The van der Waals surface area contributed by atoms with Gasteiger partial charge in [0.05, 0.1) is 18.3 Å². The van der Waals surface area contributed by atoms with Gasteiger partial charge in [-0.2, -0.15) is 0 Å². The van der Waals surface area contributed by atoms with Crippen LogP contribution in [-0.4, -0.2) is 61.8 Å². The van der Waals surface area contributed by atoms with Crippen LogP contribution in [0.5, 0.6) is 0 Å². The van der Waals surface area contributed by atoms with E-state index < -0.39 is 24.3 Å². The van der Waals surface area contributed by atoms with Gasteiger partial charge >= 0.3 is 6.09 Å². The molecule has 2 fully saturated rings. The maximum atomic E-state index is 14.5. The van der Waals surface area contributed by atoms with E-state index in [4.69, 9.17) is 0 Å². The van der Waals surface area contributed by atoms with Gasteiger partial charge < -0.3 is 10.4 Å².